The van der Waals surface area contributed by atoms with Crippen LogP contribution in [0.3, 0.4) is 0 Å². The van der Waals surface area contributed by atoms with E-state index in [1.807, 2.05) is 0 Å². The van der Waals surface area contributed by atoms with Gasteiger partial charge in [-0.15, -0.1) is 0 Å². The summed E-state index contributed by atoms with van der Waals surface area (Å²) < 4.78 is 0. The van der Waals surface area contributed by atoms with Gasteiger partial charge in [0.2, 0.25) is 0 Å². The maximum absolute atomic E-state index is 10.9. The molecular weight excluding hydrogens is 212 g/mol. The van der Waals surface area contributed by atoms with Gasteiger partial charge in [-0.2, -0.15) is 0 Å². The number of piperidine rings is 1. The Morgan fingerprint density at radius 2 is 1.65 bits per heavy atom. The second-order valence-corrected chi connectivity index (χ2v) is 4.54. The summed E-state index contributed by atoms with van der Waals surface area (Å²) in [5.41, 5.74) is 0. The van der Waals surface area contributed by atoms with Gasteiger partial charge in [-0.3, -0.25) is 4.79 Å². The number of nitrogens with one attached hydrogen (secondary N) is 1. The van der Waals surface area contributed by atoms with Gasteiger partial charge in [-0.25, -0.2) is 0 Å². The third-order valence-electron chi connectivity index (χ3n) is 2.99. The van der Waals surface area contributed by atoms with Gasteiger partial charge >= 0.3 is 0 Å². The molecule has 3 nitrogen and oxygen atoms in total. The molecule has 1 heterocycles. The molecule has 1 rings (SSSR count). The summed E-state index contributed by atoms with van der Waals surface area (Å²) >= 11 is 0. The first-order valence-electron chi connectivity index (χ1n) is 7.19. The summed E-state index contributed by atoms with van der Waals surface area (Å²) in [6, 6.07) is 0. The molecule has 0 unspecified atom stereocenters. The van der Waals surface area contributed by atoms with Crippen molar-refractivity contribution < 1.29 is 4.79 Å². The maximum Gasteiger partial charge on any atom is 0.135 e. The van der Waals surface area contributed by atoms with Crippen molar-refractivity contribution in [1.29, 1.82) is 0 Å². The Morgan fingerprint density at radius 3 is 2.06 bits per heavy atom. The molecule has 1 fully saturated rings. The van der Waals surface area contributed by atoms with Gasteiger partial charge in [0.15, 0.2) is 0 Å². The predicted octanol–water partition coefficient (Wildman–Crippen LogP) is 2.46. The van der Waals surface area contributed by atoms with Crippen LogP contribution in [0.2, 0.25) is 0 Å². The Kier molecular flexibility index (Phi) is 11.8. The van der Waals surface area contributed by atoms with Crippen LogP contribution >= 0.6 is 0 Å². The molecular formula is C14H30N2O. The van der Waals surface area contributed by atoms with Crippen LogP contribution in [-0.2, 0) is 4.79 Å². The molecule has 102 valence electrons. The van der Waals surface area contributed by atoms with Crippen molar-refractivity contribution in [2.75, 3.05) is 32.7 Å². The van der Waals surface area contributed by atoms with Crippen LogP contribution in [0.15, 0.2) is 0 Å². The van der Waals surface area contributed by atoms with Crippen LogP contribution in [0, 0.1) is 0 Å². The minimum absolute atomic E-state index is 0.446. The molecule has 0 aromatic rings. The SMILES string of the molecule is CCCCCN1CCC(=O)CC1.CCNCC. The van der Waals surface area contributed by atoms with E-state index in [0.29, 0.717) is 5.78 Å². The number of hydrogen-bond donors (Lipinski definition) is 1. The van der Waals surface area contributed by atoms with Gasteiger partial charge < -0.3 is 10.2 Å². The van der Waals surface area contributed by atoms with E-state index in [2.05, 4.69) is 31.0 Å². The molecule has 1 aliphatic heterocycles. The fourth-order valence-electron chi connectivity index (χ4n) is 1.86. The molecule has 0 bridgehead atoms. The summed E-state index contributed by atoms with van der Waals surface area (Å²) in [6.07, 6.45) is 5.47. The van der Waals surface area contributed by atoms with E-state index in [9.17, 15) is 4.79 Å². The first kappa shape index (κ1) is 16.6. The van der Waals surface area contributed by atoms with E-state index in [0.717, 1.165) is 39.0 Å². The number of unbranched alkanes of at least 4 members (excludes halogenated alkanes) is 2. The molecule has 1 aliphatic rings. The first-order valence-corrected chi connectivity index (χ1v) is 7.19. The topological polar surface area (TPSA) is 32.3 Å². The van der Waals surface area contributed by atoms with E-state index in [1.54, 1.807) is 0 Å². The van der Waals surface area contributed by atoms with Crippen LogP contribution in [0.25, 0.3) is 0 Å². The molecule has 1 N–H and O–H groups in total. The second kappa shape index (κ2) is 12.1. The van der Waals surface area contributed by atoms with Gasteiger partial charge in [-0.1, -0.05) is 33.6 Å². The van der Waals surface area contributed by atoms with Crippen LogP contribution in [0.4, 0.5) is 0 Å². The smallest absolute Gasteiger partial charge is 0.135 e. The highest BCUT2D eigenvalue weighted by Gasteiger charge is 2.14. The Hall–Kier alpha value is -0.410. The van der Waals surface area contributed by atoms with Crippen molar-refractivity contribution in [3.05, 3.63) is 0 Å². The Balaban J connectivity index is 0.000000437. The monoisotopic (exact) mass is 242 g/mol. The lowest BCUT2D eigenvalue weighted by molar-refractivity contribution is -0.121. The summed E-state index contributed by atoms with van der Waals surface area (Å²) in [5.74, 6) is 0.446. The van der Waals surface area contributed by atoms with Gasteiger partial charge in [-0.05, 0) is 26.1 Å². The van der Waals surface area contributed by atoms with Crippen LogP contribution in [-0.4, -0.2) is 43.4 Å². The third kappa shape index (κ3) is 10.5. The highest BCUT2D eigenvalue weighted by molar-refractivity contribution is 5.79. The summed E-state index contributed by atoms with van der Waals surface area (Å²) in [6.45, 7) is 11.8. The van der Waals surface area contributed by atoms with Gasteiger partial charge in [0, 0.05) is 25.9 Å². The van der Waals surface area contributed by atoms with Crippen LogP contribution < -0.4 is 5.32 Å². The quantitative estimate of drug-likeness (QED) is 0.726. The summed E-state index contributed by atoms with van der Waals surface area (Å²) in [5, 5.41) is 3.11. The largest absolute Gasteiger partial charge is 0.317 e. The molecule has 0 spiro atoms. The molecule has 0 radical (unpaired) electrons. The van der Waals surface area contributed by atoms with E-state index in [4.69, 9.17) is 0 Å². The minimum atomic E-state index is 0.446. The average molecular weight is 242 g/mol. The van der Waals surface area contributed by atoms with Crippen molar-refractivity contribution in [3.8, 4) is 0 Å². The first-order chi connectivity index (χ1) is 8.24. The highest BCUT2D eigenvalue weighted by atomic mass is 16.1. The molecule has 0 amide bonds. The van der Waals surface area contributed by atoms with Crippen LogP contribution in [0.5, 0.6) is 0 Å². The number of carbonyl (C=O) groups excluding carboxylic acids is 1. The van der Waals surface area contributed by atoms with Crippen molar-refractivity contribution in [1.82, 2.24) is 10.2 Å². The zero-order valence-corrected chi connectivity index (χ0v) is 11.9. The molecule has 0 aliphatic carbocycles. The standard InChI is InChI=1S/C10H19NO.C4H11N/c1-2-3-4-7-11-8-5-10(12)6-9-11;1-3-5-4-2/h2-9H2,1H3;5H,3-4H2,1-2H3. The zero-order valence-electron chi connectivity index (χ0n) is 11.9. The predicted molar refractivity (Wildman–Crippen MR) is 74.4 cm³/mol. The van der Waals surface area contributed by atoms with E-state index in [-0.39, 0.29) is 0 Å². The van der Waals surface area contributed by atoms with E-state index < -0.39 is 0 Å². The van der Waals surface area contributed by atoms with Crippen molar-refractivity contribution in [2.24, 2.45) is 0 Å². The van der Waals surface area contributed by atoms with Crippen LogP contribution in [0.1, 0.15) is 52.9 Å². The average Bonchev–Trinajstić information content (AvgIpc) is 2.34. The number of rotatable bonds is 6. The third-order valence-corrected chi connectivity index (χ3v) is 2.99. The fraction of sp³-hybridized carbons (Fsp3) is 0.929. The maximum atomic E-state index is 10.9. The van der Waals surface area contributed by atoms with E-state index >= 15 is 0 Å². The lowest BCUT2D eigenvalue weighted by Crippen LogP contribution is -2.34. The molecule has 0 aromatic heterocycles. The zero-order chi connectivity index (χ0) is 12.9. The molecule has 17 heavy (non-hydrogen) atoms. The Labute approximate surface area is 107 Å². The van der Waals surface area contributed by atoms with Gasteiger partial charge in [0.05, 0.1) is 0 Å². The number of nitrogens with zero attached hydrogens (tertiary/aromatic N) is 1. The highest BCUT2D eigenvalue weighted by Crippen LogP contribution is 2.07. The number of likely N-dealkylation sites (tertiary alicyclic amines) is 1. The lowest BCUT2D eigenvalue weighted by atomic mass is 10.1. The number of Topliss-reactive ketones (excluding diaryl/α,β-unsaturated/α-hetero) is 1. The van der Waals surface area contributed by atoms with Crippen molar-refractivity contribution >= 4 is 5.78 Å². The fourth-order valence-corrected chi connectivity index (χ4v) is 1.86. The van der Waals surface area contributed by atoms with E-state index in [1.165, 1.54) is 25.8 Å². The Morgan fingerprint density at radius 1 is 1.06 bits per heavy atom. The minimum Gasteiger partial charge on any atom is -0.317 e. The lowest BCUT2D eigenvalue weighted by Gasteiger charge is -2.25. The summed E-state index contributed by atoms with van der Waals surface area (Å²) in [7, 11) is 0. The van der Waals surface area contributed by atoms with Gasteiger partial charge in [0.1, 0.15) is 5.78 Å². The molecule has 0 aromatic carbocycles. The number of hydrogen-bond acceptors (Lipinski definition) is 3. The number of carbonyl (C=O) groups is 1. The molecule has 3 heteroatoms. The molecule has 0 atom stereocenters. The summed E-state index contributed by atoms with van der Waals surface area (Å²) in [4.78, 5) is 13.3. The van der Waals surface area contributed by atoms with Gasteiger partial charge in [0.25, 0.3) is 0 Å². The molecule has 0 saturated carbocycles. The molecule has 1 saturated heterocycles. The normalized spacial score (nSPS) is 16.5. The van der Waals surface area contributed by atoms with Crippen molar-refractivity contribution in [3.63, 3.8) is 0 Å². The van der Waals surface area contributed by atoms with Crippen molar-refractivity contribution in [2.45, 2.75) is 52.9 Å². The Bertz CT molecular complexity index is 171. The second-order valence-electron chi connectivity index (χ2n) is 4.54. The number of ketones is 1.